The molecule has 1 unspecified atom stereocenters. The van der Waals surface area contributed by atoms with E-state index in [4.69, 9.17) is 0 Å². The molecule has 42 heavy (non-hydrogen) atoms. The number of amides is 2. The molecule has 0 bridgehead atoms. The van der Waals surface area contributed by atoms with Crippen LogP contribution in [0.2, 0.25) is 0 Å². The second-order valence-corrected chi connectivity index (χ2v) is 10.8. The van der Waals surface area contributed by atoms with Crippen LogP contribution in [-0.4, -0.2) is 32.3 Å². The monoisotopic (exact) mass is 546 g/mol. The van der Waals surface area contributed by atoms with Crippen molar-refractivity contribution in [1.29, 1.82) is 5.26 Å². The Balaban J connectivity index is 1.41. The Morgan fingerprint density at radius 3 is 2.31 bits per heavy atom. The average molecular weight is 547 g/mol. The van der Waals surface area contributed by atoms with Crippen LogP contribution in [0.4, 0.5) is 0 Å². The summed E-state index contributed by atoms with van der Waals surface area (Å²) in [6, 6.07) is 33.3. The number of nitrogens with zero attached hydrogens (tertiary/aromatic N) is 4. The van der Waals surface area contributed by atoms with E-state index >= 15 is 0 Å². The topological polar surface area (TPSA) is 79.0 Å². The van der Waals surface area contributed by atoms with Crippen LogP contribution >= 0.6 is 0 Å². The normalized spacial score (nSPS) is 14.3. The zero-order chi connectivity index (χ0) is 29.0. The van der Waals surface area contributed by atoms with Gasteiger partial charge < -0.3 is 4.57 Å². The summed E-state index contributed by atoms with van der Waals surface area (Å²) >= 11 is 0. The van der Waals surface area contributed by atoms with Gasteiger partial charge in [0.15, 0.2) is 0 Å². The lowest BCUT2D eigenvalue weighted by Crippen LogP contribution is -2.41. The molecule has 1 aliphatic heterocycles. The van der Waals surface area contributed by atoms with E-state index in [2.05, 4.69) is 40.7 Å². The Morgan fingerprint density at radius 2 is 1.50 bits per heavy atom. The smallest absolute Gasteiger partial charge is 0.263 e. The second-order valence-electron chi connectivity index (χ2n) is 10.8. The van der Waals surface area contributed by atoms with Crippen molar-refractivity contribution < 1.29 is 9.59 Å². The molecule has 2 aromatic heterocycles. The zero-order valence-electron chi connectivity index (χ0n) is 23.2. The molecule has 0 aliphatic carbocycles. The van der Waals surface area contributed by atoms with Crippen molar-refractivity contribution in [2.45, 2.75) is 25.8 Å². The predicted octanol–water partition coefficient (Wildman–Crippen LogP) is 7.51. The van der Waals surface area contributed by atoms with Gasteiger partial charge in [0, 0.05) is 40.7 Å². The first-order chi connectivity index (χ1) is 20.5. The predicted molar refractivity (Wildman–Crippen MR) is 164 cm³/mol. The highest BCUT2D eigenvalue weighted by Crippen LogP contribution is 2.39. The van der Waals surface area contributed by atoms with Gasteiger partial charge in [0.05, 0.1) is 33.4 Å². The number of imide groups is 1. The maximum Gasteiger partial charge on any atom is 0.263 e. The van der Waals surface area contributed by atoms with Gasteiger partial charge in [-0.2, -0.15) is 5.26 Å². The van der Waals surface area contributed by atoms with Crippen molar-refractivity contribution in [3.05, 3.63) is 132 Å². The fraction of sp³-hybridized carbons (Fsp3) is 0.111. The highest BCUT2D eigenvalue weighted by atomic mass is 16.2. The maximum absolute atomic E-state index is 14.2. The van der Waals surface area contributed by atoms with Gasteiger partial charge in [-0.25, -0.2) is 0 Å². The molecule has 202 valence electrons. The molecule has 4 aromatic carbocycles. The second kappa shape index (κ2) is 9.83. The standard InChI is InChI=1S/C36H26N4O2/c1-22(25-9-4-3-5-10-25)23(2)39-35(41)30-12-8-14-32(34(30)36(39)42)40-31-13-7-6-11-28(31)29-16-15-26(18-33(29)40)27-17-24(19-37)20-38-21-27/h3-18,20-23H,1-2H3/t22-,23?/m0/s1. The highest BCUT2D eigenvalue weighted by Gasteiger charge is 2.42. The summed E-state index contributed by atoms with van der Waals surface area (Å²) in [5.41, 5.74) is 6.61. The number of aromatic nitrogens is 2. The van der Waals surface area contributed by atoms with E-state index in [1.165, 1.54) is 4.90 Å². The van der Waals surface area contributed by atoms with Gasteiger partial charge in [-0.1, -0.05) is 73.7 Å². The first kappa shape index (κ1) is 25.4. The summed E-state index contributed by atoms with van der Waals surface area (Å²) in [7, 11) is 0. The number of carbonyl (C=O) groups is 2. The fourth-order valence-electron chi connectivity index (χ4n) is 6.17. The summed E-state index contributed by atoms with van der Waals surface area (Å²) in [6.07, 6.45) is 3.28. The van der Waals surface area contributed by atoms with Crippen LogP contribution in [0.15, 0.2) is 109 Å². The van der Waals surface area contributed by atoms with Crippen LogP contribution in [0.1, 0.15) is 51.6 Å². The van der Waals surface area contributed by atoms with E-state index < -0.39 is 0 Å². The molecule has 0 saturated carbocycles. The van der Waals surface area contributed by atoms with Gasteiger partial charge in [0.25, 0.3) is 11.8 Å². The molecular weight excluding hydrogens is 520 g/mol. The van der Waals surface area contributed by atoms with Crippen LogP contribution in [0.25, 0.3) is 38.6 Å². The number of nitriles is 1. The molecule has 0 spiro atoms. The van der Waals surface area contributed by atoms with E-state index in [0.29, 0.717) is 22.4 Å². The van der Waals surface area contributed by atoms with E-state index in [-0.39, 0.29) is 23.8 Å². The Morgan fingerprint density at radius 1 is 0.738 bits per heavy atom. The zero-order valence-corrected chi connectivity index (χ0v) is 23.2. The average Bonchev–Trinajstić information content (AvgIpc) is 3.51. The molecule has 3 heterocycles. The lowest BCUT2D eigenvalue weighted by Gasteiger charge is -2.28. The Bertz CT molecular complexity index is 2090. The fourth-order valence-corrected chi connectivity index (χ4v) is 6.17. The number of pyridine rings is 1. The molecule has 6 heteroatoms. The summed E-state index contributed by atoms with van der Waals surface area (Å²) in [4.78, 5) is 33.6. The summed E-state index contributed by atoms with van der Waals surface area (Å²) in [6.45, 7) is 3.99. The van der Waals surface area contributed by atoms with Crippen molar-refractivity contribution in [3.8, 4) is 22.9 Å². The number of para-hydroxylation sites is 1. The number of benzene rings is 4. The van der Waals surface area contributed by atoms with Gasteiger partial charge in [-0.15, -0.1) is 0 Å². The van der Waals surface area contributed by atoms with Crippen LogP contribution < -0.4 is 0 Å². The van der Waals surface area contributed by atoms with Crippen LogP contribution in [0.3, 0.4) is 0 Å². The number of carbonyl (C=O) groups excluding carboxylic acids is 2. The van der Waals surface area contributed by atoms with Gasteiger partial charge in [-0.05, 0) is 48.4 Å². The third kappa shape index (κ3) is 3.82. The molecule has 0 N–H and O–H groups in total. The molecule has 2 amide bonds. The van der Waals surface area contributed by atoms with E-state index in [1.54, 1.807) is 18.5 Å². The van der Waals surface area contributed by atoms with E-state index in [9.17, 15) is 14.9 Å². The first-order valence-electron chi connectivity index (χ1n) is 13.9. The molecule has 6 nitrogen and oxygen atoms in total. The number of hydrogen-bond acceptors (Lipinski definition) is 4. The minimum atomic E-state index is -0.336. The quantitative estimate of drug-likeness (QED) is 0.210. The van der Waals surface area contributed by atoms with Gasteiger partial charge in [-0.3, -0.25) is 19.5 Å². The molecule has 7 rings (SSSR count). The maximum atomic E-state index is 14.2. The van der Waals surface area contributed by atoms with Gasteiger partial charge >= 0.3 is 0 Å². The van der Waals surface area contributed by atoms with Crippen LogP contribution in [-0.2, 0) is 0 Å². The lowest BCUT2D eigenvalue weighted by atomic mass is 9.93. The SMILES string of the molecule is CC([C@H](C)c1ccccc1)N1C(=O)c2cccc(-n3c4ccccc4c4ccc(-c5cncc(C#N)c5)cc43)c2C1=O. The Kier molecular flexibility index (Phi) is 5.95. The van der Waals surface area contributed by atoms with Crippen LogP contribution in [0, 0.1) is 11.3 Å². The molecule has 0 radical (unpaired) electrons. The molecule has 2 atom stereocenters. The molecule has 6 aromatic rings. The Hall–Kier alpha value is -5.54. The number of hydrogen-bond donors (Lipinski definition) is 0. The molecular formula is C36H26N4O2. The van der Waals surface area contributed by atoms with Crippen molar-refractivity contribution in [1.82, 2.24) is 14.5 Å². The molecule has 0 fully saturated rings. The molecule has 0 saturated heterocycles. The highest BCUT2D eigenvalue weighted by molar-refractivity contribution is 6.24. The van der Waals surface area contributed by atoms with Gasteiger partial charge in [0.2, 0.25) is 0 Å². The molecule has 1 aliphatic rings. The minimum absolute atomic E-state index is 0.0366. The number of rotatable bonds is 5. The number of fused-ring (bicyclic) bond motifs is 4. The Labute approximate surface area is 243 Å². The largest absolute Gasteiger partial charge is 0.308 e. The van der Waals surface area contributed by atoms with Crippen molar-refractivity contribution in [2.24, 2.45) is 0 Å². The minimum Gasteiger partial charge on any atom is -0.308 e. The van der Waals surface area contributed by atoms with Crippen LogP contribution in [0.5, 0.6) is 0 Å². The van der Waals surface area contributed by atoms with Gasteiger partial charge in [0.1, 0.15) is 6.07 Å². The van der Waals surface area contributed by atoms with Crippen molar-refractivity contribution in [3.63, 3.8) is 0 Å². The van der Waals surface area contributed by atoms with Crippen molar-refractivity contribution >= 4 is 33.6 Å². The third-order valence-electron chi connectivity index (χ3n) is 8.50. The third-order valence-corrected chi connectivity index (χ3v) is 8.50. The lowest BCUT2D eigenvalue weighted by molar-refractivity contribution is 0.0579. The van der Waals surface area contributed by atoms with Crippen molar-refractivity contribution in [2.75, 3.05) is 0 Å². The first-order valence-corrected chi connectivity index (χ1v) is 13.9. The summed E-state index contributed by atoms with van der Waals surface area (Å²) in [5, 5.41) is 11.5. The summed E-state index contributed by atoms with van der Waals surface area (Å²) < 4.78 is 2.08. The van der Waals surface area contributed by atoms with E-state index in [0.717, 1.165) is 38.5 Å². The summed E-state index contributed by atoms with van der Waals surface area (Å²) in [5.74, 6) is -0.590. The van der Waals surface area contributed by atoms with E-state index in [1.807, 2.05) is 79.7 Å².